The average Bonchev–Trinajstić information content (AvgIpc) is 2.55. The van der Waals surface area contributed by atoms with Gasteiger partial charge in [0.2, 0.25) is 0 Å². The maximum atomic E-state index is 5.79. The molecule has 4 rings (SSSR count). The van der Waals surface area contributed by atoms with Crippen molar-refractivity contribution in [3.63, 3.8) is 0 Å². The number of benzene rings is 1. The van der Waals surface area contributed by atoms with Crippen molar-refractivity contribution >= 4 is 5.69 Å². The van der Waals surface area contributed by atoms with Crippen LogP contribution >= 0.6 is 0 Å². The van der Waals surface area contributed by atoms with E-state index in [1.807, 2.05) is 0 Å². The van der Waals surface area contributed by atoms with Crippen LogP contribution in [0, 0.1) is 0 Å². The van der Waals surface area contributed by atoms with E-state index in [-0.39, 0.29) is 0 Å². The molecule has 0 aliphatic carbocycles. The van der Waals surface area contributed by atoms with Gasteiger partial charge < -0.3 is 15.0 Å². The Labute approximate surface area is 102 Å². The van der Waals surface area contributed by atoms with Crippen molar-refractivity contribution in [2.75, 3.05) is 31.1 Å². The van der Waals surface area contributed by atoms with Crippen LogP contribution in [-0.2, 0) is 0 Å². The van der Waals surface area contributed by atoms with E-state index in [9.17, 15) is 0 Å². The van der Waals surface area contributed by atoms with Gasteiger partial charge in [-0.1, -0.05) is 12.1 Å². The summed E-state index contributed by atoms with van der Waals surface area (Å²) < 4.78 is 5.79. The summed E-state index contributed by atoms with van der Waals surface area (Å²) in [7, 11) is 0. The van der Waals surface area contributed by atoms with E-state index in [0.717, 1.165) is 32.0 Å². The molecule has 0 spiro atoms. The first-order chi connectivity index (χ1) is 8.45. The van der Waals surface area contributed by atoms with Crippen LogP contribution in [0.1, 0.15) is 24.3 Å². The summed E-state index contributed by atoms with van der Waals surface area (Å²) in [5, 5.41) is 3.53. The molecule has 3 aliphatic heterocycles. The molecular weight excluding hydrogens is 212 g/mol. The molecule has 90 valence electrons. The molecule has 1 fully saturated rings. The van der Waals surface area contributed by atoms with E-state index < -0.39 is 0 Å². The lowest BCUT2D eigenvalue weighted by molar-refractivity contribution is 0.301. The van der Waals surface area contributed by atoms with Crippen LogP contribution in [0.25, 0.3) is 0 Å². The summed E-state index contributed by atoms with van der Waals surface area (Å²) >= 11 is 0. The number of nitrogens with zero attached hydrogens (tertiary/aromatic N) is 1. The van der Waals surface area contributed by atoms with E-state index in [2.05, 4.69) is 28.4 Å². The fraction of sp³-hybridized carbons (Fsp3) is 0.571. The molecule has 2 atom stereocenters. The predicted octanol–water partition coefficient (Wildman–Crippen LogP) is 1.73. The molecular formula is C14H18N2O. The minimum absolute atomic E-state index is 0.699. The van der Waals surface area contributed by atoms with Crippen molar-refractivity contribution in [2.24, 2.45) is 0 Å². The van der Waals surface area contributed by atoms with E-state index in [1.165, 1.54) is 24.1 Å². The number of hydrogen-bond acceptors (Lipinski definition) is 3. The van der Waals surface area contributed by atoms with Gasteiger partial charge in [0.25, 0.3) is 0 Å². The third-order valence-electron chi connectivity index (χ3n) is 4.42. The van der Waals surface area contributed by atoms with Crippen LogP contribution in [0.3, 0.4) is 0 Å². The lowest BCUT2D eigenvalue weighted by atomic mass is 9.91. The SMILES string of the molecule is c1cc2c3c(c1)C1CCNCCC1N3CCO2. The van der Waals surface area contributed by atoms with Gasteiger partial charge in [-0.25, -0.2) is 0 Å². The fourth-order valence-corrected chi connectivity index (χ4v) is 3.72. The molecule has 0 radical (unpaired) electrons. The Morgan fingerprint density at radius 1 is 1.24 bits per heavy atom. The first-order valence-electron chi connectivity index (χ1n) is 6.68. The van der Waals surface area contributed by atoms with Gasteiger partial charge >= 0.3 is 0 Å². The van der Waals surface area contributed by atoms with Crippen LogP contribution < -0.4 is 15.0 Å². The molecule has 0 saturated carbocycles. The third-order valence-corrected chi connectivity index (χ3v) is 4.42. The van der Waals surface area contributed by atoms with Gasteiger partial charge in [-0.15, -0.1) is 0 Å². The predicted molar refractivity (Wildman–Crippen MR) is 67.9 cm³/mol. The third kappa shape index (κ3) is 1.32. The molecule has 3 heterocycles. The minimum Gasteiger partial charge on any atom is -0.490 e. The number of rotatable bonds is 0. The molecule has 3 aliphatic rings. The second-order valence-electron chi connectivity index (χ2n) is 5.24. The smallest absolute Gasteiger partial charge is 0.142 e. The van der Waals surface area contributed by atoms with Crippen molar-refractivity contribution in [1.29, 1.82) is 0 Å². The van der Waals surface area contributed by atoms with Crippen LogP contribution in [0.15, 0.2) is 18.2 Å². The van der Waals surface area contributed by atoms with E-state index >= 15 is 0 Å². The lowest BCUT2D eigenvalue weighted by Gasteiger charge is -2.33. The van der Waals surface area contributed by atoms with Crippen LogP contribution in [-0.4, -0.2) is 32.3 Å². The van der Waals surface area contributed by atoms with Crippen LogP contribution in [0.5, 0.6) is 5.75 Å². The Morgan fingerprint density at radius 2 is 2.18 bits per heavy atom. The standard InChI is InChI=1S/C14H18N2O/c1-2-11-10-4-6-15-7-5-12(10)16-8-9-17-13(3-1)14(11)16/h1-3,10,12,15H,4-9H2. The maximum absolute atomic E-state index is 5.79. The Balaban J connectivity index is 1.85. The molecule has 17 heavy (non-hydrogen) atoms. The van der Waals surface area contributed by atoms with Gasteiger partial charge in [-0.3, -0.25) is 0 Å². The Morgan fingerprint density at radius 3 is 3.18 bits per heavy atom. The van der Waals surface area contributed by atoms with Gasteiger partial charge in [0.05, 0.1) is 12.2 Å². The Kier molecular flexibility index (Phi) is 2.09. The maximum Gasteiger partial charge on any atom is 0.142 e. The molecule has 1 aromatic carbocycles. The first kappa shape index (κ1) is 9.77. The molecule has 1 saturated heterocycles. The molecule has 0 amide bonds. The summed E-state index contributed by atoms with van der Waals surface area (Å²) in [4.78, 5) is 2.60. The number of anilines is 1. The van der Waals surface area contributed by atoms with Crippen LogP contribution in [0.4, 0.5) is 5.69 Å². The summed E-state index contributed by atoms with van der Waals surface area (Å²) in [5.74, 6) is 1.82. The molecule has 3 heteroatoms. The number of fused-ring (bicyclic) bond motifs is 3. The average molecular weight is 230 g/mol. The van der Waals surface area contributed by atoms with Crippen molar-refractivity contribution in [3.05, 3.63) is 23.8 Å². The lowest BCUT2D eigenvalue weighted by Crippen LogP contribution is -2.39. The van der Waals surface area contributed by atoms with E-state index in [1.54, 1.807) is 0 Å². The number of nitrogens with one attached hydrogen (secondary N) is 1. The van der Waals surface area contributed by atoms with Gasteiger partial charge in [0, 0.05) is 12.0 Å². The van der Waals surface area contributed by atoms with E-state index in [4.69, 9.17) is 4.74 Å². The summed E-state index contributed by atoms with van der Waals surface area (Å²) in [5.41, 5.74) is 2.92. The fourth-order valence-electron chi connectivity index (χ4n) is 3.72. The molecule has 3 nitrogen and oxygen atoms in total. The number of hydrogen-bond donors (Lipinski definition) is 1. The zero-order valence-corrected chi connectivity index (χ0v) is 9.98. The largest absolute Gasteiger partial charge is 0.490 e. The number of para-hydroxylation sites is 1. The van der Waals surface area contributed by atoms with Crippen molar-refractivity contribution in [3.8, 4) is 5.75 Å². The normalized spacial score (nSPS) is 30.2. The zero-order chi connectivity index (χ0) is 11.2. The van der Waals surface area contributed by atoms with Crippen molar-refractivity contribution in [1.82, 2.24) is 5.32 Å². The second kappa shape index (κ2) is 3.64. The zero-order valence-electron chi connectivity index (χ0n) is 9.98. The van der Waals surface area contributed by atoms with Gasteiger partial charge in [0.1, 0.15) is 12.4 Å². The van der Waals surface area contributed by atoms with Gasteiger partial charge in [-0.05, 0) is 37.6 Å². The van der Waals surface area contributed by atoms with Crippen molar-refractivity contribution in [2.45, 2.75) is 24.8 Å². The monoisotopic (exact) mass is 230 g/mol. The quantitative estimate of drug-likeness (QED) is 0.734. The second-order valence-corrected chi connectivity index (χ2v) is 5.24. The van der Waals surface area contributed by atoms with Crippen molar-refractivity contribution < 1.29 is 4.74 Å². The highest BCUT2D eigenvalue weighted by atomic mass is 16.5. The Bertz CT molecular complexity index is 446. The highest BCUT2D eigenvalue weighted by Gasteiger charge is 2.41. The number of ether oxygens (including phenoxy) is 1. The molecule has 0 bridgehead atoms. The van der Waals surface area contributed by atoms with Gasteiger partial charge in [-0.2, -0.15) is 0 Å². The highest BCUT2D eigenvalue weighted by molar-refractivity contribution is 5.71. The molecule has 1 N–H and O–H groups in total. The molecule has 2 unspecified atom stereocenters. The molecule has 1 aromatic rings. The minimum atomic E-state index is 0.699. The first-order valence-corrected chi connectivity index (χ1v) is 6.68. The Hall–Kier alpha value is -1.22. The van der Waals surface area contributed by atoms with Crippen LogP contribution in [0.2, 0.25) is 0 Å². The molecule has 0 aromatic heterocycles. The highest BCUT2D eigenvalue weighted by Crippen LogP contribution is 2.50. The summed E-state index contributed by atoms with van der Waals surface area (Å²) in [6, 6.07) is 7.27. The van der Waals surface area contributed by atoms with Gasteiger partial charge in [0.15, 0.2) is 0 Å². The topological polar surface area (TPSA) is 24.5 Å². The summed E-state index contributed by atoms with van der Waals surface area (Å²) in [6.07, 6.45) is 2.52. The summed E-state index contributed by atoms with van der Waals surface area (Å²) in [6.45, 7) is 4.21. The van der Waals surface area contributed by atoms with E-state index in [0.29, 0.717) is 12.0 Å².